The van der Waals surface area contributed by atoms with E-state index in [0.717, 1.165) is 13.1 Å². The minimum Gasteiger partial charge on any atom is -0.315 e. The lowest BCUT2D eigenvalue weighted by Crippen LogP contribution is -2.39. The summed E-state index contributed by atoms with van der Waals surface area (Å²) in [4.78, 5) is 0. The second kappa shape index (κ2) is 2.90. The molecule has 1 saturated heterocycles. The molecule has 1 aliphatic rings. The molecule has 0 spiro atoms. The van der Waals surface area contributed by atoms with Gasteiger partial charge >= 0.3 is 0 Å². The second-order valence-electron chi connectivity index (χ2n) is 2.79. The topological polar surface area (TPSA) is 24.1 Å². The van der Waals surface area contributed by atoms with Gasteiger partial charge < -0.3 is 5.32 Å². The summed E-state index contributed by atoms with van der Waals surface area (Å²) < 4.78 is 3.38. The van der Waals surface area contributed by atoms with Crippen molar-refractivity contribution in [2.75, 3.05) is 19.3 Å². The molecule has 1 atom stereocenters. The van der Waals surface area contributed by atoms with E-state index in [2.05, 4.69) is 23.2 Å². The maximum Gasteiger partial charge on any atom is 0.0391 e. The molecule has 0 aromatic rings. The standard InChI is InChI=1S/C6H14N2S/c1-6(8-9-2)3-4-7-5-6/h7-8H,3-5H2,1-2H3. The third-order valence-electron chi connectivity index (χ3n) is 1.72. The zero-order chi connectivity index (χ0) is 6.74. The van der Waals surface area contributed by atoms with Crippen LogP contribution < -0.4 is 10.0 Å². The first kappa shape index (κ1) is 7.38. The molecule has 0 aromatic heterocycles. The summed E-state index contributed by atoms with van der Waals surface area (Å²) in [6, 6.07) is 0. The Balaban J connectivity index is 2.32. The summed E-state index contributed by atoms with van der Waals surface area (Å²) in [5.41, 5.74) is 0.347. The normalized spacial score (nSPS) is 35.3. The summed E-state index contributed by atoms with van der Waals surface area (Å²) in [5.74, 6) is 0. The van der Waals surface area contributed by atoms with Gasteiger partial charge in [0, 0.05) is 12.1 Å². The quantitative estimate of drug-likeness (QED) is 0.558. The molecule has 3 heteroatoms. The molecule has 1 unspecified atom stereocenters. The van der Waals surface area contributed by atoms with Gasteiger partial charge in [-0.05, 0) is 26.1 Å². The highest BCUT2D eigenvalue weighted by Gasteiger charge is 2.26. The lowest BCUT2D eigenvalue weighted by Gasteiger charge is -2.22. The van der Waals surface area contributed by atoms with Gasteiger partial charge in [-0.3, -0.25) is 4.72 Å². The van der Waals surface area contributed by atoms with Gasteiger partial charge in [0.25, 0.3) is 0 Å². The van der Waals surface area contributed by atoms with Crippen LogP contribution in [0.4, 0.5) is 0 Å². The monoisotopic (exact) mass is 146 g/mol. The van der Waals surface area contributed by atoms with Crippen LogP contribution >= 0.6 is 11.9 Å². The molecule has 2 nitrogen and oxygen atoms in total. The lowest BCUT2D eigenvalue weighted by molar-refractivity contribution is 0.481. The Bertz CT molecular complexity index is 89.1. The van der Waals surface area contributed by atoms with Crippen LogP contribution in [0.25, 0.3) is 0 Å². The Morgan fingerprint density at radius 2 is 2.44 bits per heavy atom. The summed E-state index contributed by atoms with van der Waals surface area (Å²) in [6.45, 7) is 4.52. The molecular formula is C6H14N2S. The molecule has 0 amide bonds. The molecule has 0 aliphatic carbocycles. The van der Waals surface area contributed by atoms with Crippen LogP contribution in [-0.2, 0) is 0 Å². The Kier molecular flexibility index (Phi) is 2.38. The highest BCUT2D eigenvalue weighted by Crippen LogP contribution is 2.15. The van der Waals surface area contributed by atoms with Gasteiger partial charge in [-0.15, -0.1) is 0 Å². The van der Waals surface area contributed by atoms with E-state index in [1.165, 1.54) is 6.42 Å². The molecule has 1 aliphatic heterocycles. The lowest BCUT2D eigenvalue weighted by atomic mass is 10.0. The average Bonchev–Trinajstić information content (AvgIpc) is 2.16. The zero-order valence-electron chi connectivity index (χ0n) is 6.03. The minimum absolute atomic E-state index is 0.347. The van der Waals surface area contributed by atoms with E-state index in [4.69, 9.17) is 0 Å². The first-order valence-corrected chi connectivity index (χ1v) is 4.50. The van der Waals surface area contributed by atoms with Gasteiger partial charge in [0.15, 0.2) is 0 Å². The van der Waals surface area contributed by atoms with Crippen LogP contribution in [0.1, 0.15) is 13.3 Å². The van der Waals surface area contributed by atoms with Crippen molar-refractivity contribution in [3.63, 3.8) is 0 Å². The third-order valence-corrected chi connectivity index (χ3v) is 2.41. The van der Waals surface area contributed by atoms with E-state index in [9.17, 15) is 0 Å². The fourth-order valence-corrected chi connectivity index (χ4v) is 1.82. The second-order valence-corrected chi connectivity index (χ2v) is 3.41. The van der Waals surface area contributed by atoms with Crippen molar-refractivity contribution in [2.45, 2.75) is 18.9 Å². The predicted octanol–water partition coefficient (Wildman–Crippen LogP) is 0.606. The fourth-order valence-electron chi connectivity index (χ4n) is 1.15. The molecule has 1 fully saturated rings. The van der Waals surface area contributed by atoms with Crippen molar-refractivity contribution in [1.29, 1.82) is 0 Å². The van der Waals surface area contributed by atoms with Crippen LogP contribution in [0.3, 0.4) is 0 Å². The highest BCUT2D eigenvalue weighted by atomic mass is 32.2. The first-order valence-electron chi connectivity index (χ1n) is 3.28. The van der Waals surface area contributed by atoms with Crippen molar-refractivity contribution in [3.8, 4) is 0 Å². The molecule has 0 aromatic carbocycles. The Hall–Kier alpha value is 0.270. The number of hydrogen-bond acceptors (Lipinski definition) is 3. The average molecular weight is 146 g/mol. The largest absolute Gasteiger partial charge is 0.315 e. The fraction of sp³-hybridized carbons (Fsp3) is 1.00. The smallest absolute Gasteiger partial charge is 0.0391 e. The maximum absolute atomic E-state index is 3.38. The maximum atomic E-state index is 3.38. The van der Waals surface area contributed by atoms with Crippen LogP contribution in [0.5, 0.6) is 0 Å². The Labute approximate surface area is 60.9 Å². The molecule has 0 radical (unpaired) electrons. The van der Waals surface area contributed by atoms with Crippen molar-refractivity contribution in [2.24, 2.45) is 0 Å². The van der Waals surface area contributed by atoms with Crippen molar-refractivity contribution in [3.05, 3.63) is 0 Å². The number of hydrogen-bond donors (Lipinski definition) is 2. The Morgan fingerprint density at radius 3 is 2.89 bits per heavy atom. The van der Waals surface area contributed by atoms with Crippen LogP contribution in [-0.4, -0.2) is 24.9 Å². The van der Waals surface area contributed by atoms with Crippen molar-refractivity contribution >= 4 is 11.9 Å². The van der Waals surface area contributed by atoms with Crippen LogP contribution in [0.2, 0.25) is 0 Å². The van der Waals surface area contributed by atoms with Crippen LogP contribution in [0.15, 0.2) is 0 Å². The SMILES string of the molecule is CSNC1(C)CCNC1. The van der Waals surface area contributed by atoms with E-state index in [0.29, 0.717) is 5.54 Å². The van der Waals surface area contributed by atoms with Gasteiger partial charge in [0.2, 0.25) is 0 Å². The van der Waals surface area contributed by atoms with Gasteiger partial charge in [0.1, 0.15) is 0 Å². The molecule has 1 heterocycles. The molecule has 0 bridgehead atoms. The highest BCUT2D eigenvalue weighted by molar-refractivity contribution is 7.96. The van der Waals surface area contributed by atoms with Crippen LogP contribution in [0, 0.1) is 0 Å². The van der Waals surface area contributed by atoms with E-state index < -0.39 is 0 Å². The minimum atomic E-state index is 0.347. The number of nitrogens with one attached hydrogen (secondary N) is 2. The van der Waals surface area contributed by atoms with Gasteiger partial charge in [-0.25, -0.2) is 0 Å². The zero-order valence-corrected chi connectivity index (χ0v) is 6.85. The third kappa shape index (κ3) is 1.85. The van der Waals surface area contributed by atoms with E-state index in [1.54, 1.807) is 11.9 Å². The Morgan fingerprint density at radius 1 is 1.67 bits per heavy atom. The molecular weight excluding hydrogens is 132 g/mol. The van der Waals surface area contributed by atoms with E-state index in [-0.39, 0.29) is 0 Å². The molecule has 2 N–H and O–H groups in total. The van der Waals surface area contributed by atoms with E-state index in [1.807, 2.05) is 0 Å². The summed E-state index contributed by atoms with van der Waals surface area (Å²) in [6.07, 6.45) is 3.32. The van der Waals surface area contributed by atoms with E-state index >= 15 is 0 Å². The summed E-state index contributed by atoms with van der Waals surface area (Å²) >= 11 is 1.71. The molecule has 54 valence electrons. The first-order chi connectivity index (χ1) is 4.27. The van der Waals surface area contributed by atoms with Crippen molar-refractivity contribution < 1.29 is 0 Å². The molecule has 9 heavy (non-hydrogen) atoms. The summed E-state index contributed by atoms with van der Waals surface area (Å²) in [7, 11) is 0. The number of rotatable bonds is 2. The molecule has 0 saturated carbocycles. The predicted molar refractivity (Wildman–Crippen MR) is 42.5 cm³/mol. The van der Waals surface area contributed by atoms with Gasteiger partial charge in [-0.2, -0.15) is 0 Å². The van der Waals surface area contributed by atoms with Crippen molar-refractivity contribution in [1.82, 2.24) is 10.0 Å². The summed E-state index contributed by atoms with van der Waals surface area (Å²) in [5, 5.41) is 3.32. The van der Waals surface area contributed by atoms with Gasteiger partial charge in [-0.1, -0.05) is 11.9 Å². The van der Waals surface area contributed by atoms with Gasteiger partial charge in [0.05, 0.1) is 0 Å². The molecule has 1 rings (SSSR count).